The maximum absolute atomic E-state index is 12.7. The first-order valence-corrected chi connectivity index (χ1v) is 20.1. The molecule has 9 heteroatoms. The molecule has 0 aromatic heterocycles. The molecule has 6 unspecified atom stereocenters. The molecule has 0 spiro atoms. The van der Waals surface area contributed by atoms with Crippen molar-refractivity contribution in [2.45, 2.75) is 192 Å². The van der Waals surface area contributed by atoms with Crippen molar-refractivity contribution in [1.29, 1.82) is 0 Å². The first-order valence-electron chi connectivity index (χ1n) is 20.1. The molecule has 292 valence electrons. The van der Waals surface area contributed by atoms with Gasteiger partial charge in [-0.2, -0.15) is 0 Å². The number of allylic oxidation sites excluding steroid dienone is 6. The molecule has 1 fully saturated rings. The minimum absolute atomic E-state index is 0.119. The summed E-state index contributed by atoms with van der Waals surface area (Å²) in [7, 11) is 0. The van der Waals surface area contributed by atoms with Crippen molar-refractivity contribution in [3.63, 3.8) is 0 Å². The molecule has 0 aliphatic carbocycles. The Bertz CT molecular complexity index is 859. The number of aliphatic hydroxyl groups is 4. The summed E-state index contributed by atoms with van der Waals surface area (Å²) in [5.41, 5.74) is 0. The number of unbranched alkanes of at least 4 members (excludes halogenated alkanes) is 16. The van der Waals surface area contributed by atoms with E-state index in [-0.39, 0.29) is 19.2 Å². The van der Waals surface area contributed by atoms with Crippen LogP contribution in [0.15, 0.2) is 36.5 Å². The first kappa shape index (κ1) is 46.4. The highest BCUT2D eigenvalue weighted by molar-refractivity contribution is 5.69. The van der Waals surface area contributed by atoms with Gasteiger partial charge in [0.2, 0.25) is 0 Å². The van der Waals surface area contributed by atoms with Crippen LogP contribution in [-0.4, -0.2) is 89.6 Å². The number of aliphatic hydroxyl groups excluding tert-OH is 4. The SMILES string of the molecule is CCCCCCC/C=C\C/C=C\C/C=C\CCCCCCCCC(=O)OC(COCCCCCCCC)COC1OC(CO)C(O)C(O)C1O. The lowest BCUT2D eigenvalue weighted by molar-refractivity contribution is -0.305. The van der Waals surface area contributed by atoms with Gasteiger partial charge in [-0.15, -0.1) is 0 Å². The predicted octanol–water partition coefficient (Wildman–Crippen LogP) is 8.02. The standard InChI is InChI=1S/C41H74O9/c1-3-5-7-9-11-12-13-14-15-16-17-18-19-20-21-22-23-24-25-26-28-30-37(43)49-35(33-47-31-29-27-10-8-6-4-2)34-48-41-40(46)39(45)38(44)36(32-42)50-41/h13-14,16-17,19-20,35-36,38-42,44-46H,3-12,15,18,21-34H2,1-2H3/b14-13-,17-16-,20-19-. The highest BCUT2D eigenvalue weighted by Gasteiger charge is 2.44. The van der Waals surface area contributed by atoms with Crippen molar-refractivity contribution in [3.05, 3.63) is 36.5 Å². The summed E-state index contributed by atoms with van der Waals surface area (Å²) >= 11 is 0. The fourth-order valence-electron chi connectivity index (χ4n) is 5.85. The Balaban J connectivity index is 2.23. The average molecular weight is 711 g/mol. The third-order valence-electron chi connectivity index (χ3n) is 9.06. The largest absolute Gasteiger partial charge is 0.457 e. The smallest absolute Gasteiger partial charge is 0.306 e. The molecule has 1 heterocycles. The quantitative estimate of drug-likeness (QED) is 0.0303. The molecule has 1 aliphatic heterocycles. The van der Waals surface area contributed by atoms with Crippen LogP contribution in [-0.2, 0) is 23.7 Å². The van der Waals surface area contributed by atoms with Crippen LogP contribution in [0.1, 0.15) is 155 Å². The maximum Gasteiger partial charge on any atom is 0.306 e. The summed E-state index contributed by atoms with van der Waals surface area (Å²) in [6, 6.07) is 0. The molecule has 1 aliphatic rings. The van der Waals surface area contributed by atoms with E-state index in [2.05, 4.69) is 50.3 Å². The lowest BCUT2D eigenvalue weighted by Gasteiger charge is -2.39. The van der Waals surface area contributed by atoms with Gasteiger partial charge in [-0.1, -0.05) is 134 Å². The van der Waals surface area contributed by atoms with Crippen molar-refractivity contribution in [2.24, 2.45) is 0 Å². The van der Waals surface area contributed by atoms with Crippen LogP contribution in [0.3, 0.4) is 0 Å². The van der Waals surface area contributed by atoms with Gasteiger partial charge in [-0.25, -0.2) is 0 Å². The van der Waals surface area contributed by atoms with Crippen molar-refractivity contribution < 1.29 is 44.2 Å². The van der Waals surface area contributed by atoms with Crippen molar-refractivity contribution in [1.82, 2.24) is 0 Å². The van der Waals surface area contributed by atoms with Gasteiger partial charge in [0.05, 0.1) is 19.8 Å². The Morgan fingerprint density at radius 2 is 1.16 bits per heavy atom. The molecular weight excluding hydrogens is 636 g/mol. The molecule has 4 N–H and O–H groups in total. The second-order valence-electron chi connectivity index (χ2n) is 13.7. The van der Waals surface area contributed by atoms with E-state index >= 15 is 0 Å². The van der Waals surface area contributed by atoms with E-state index in [0.29, 0.717) is 13.0 Å². The number of ether oxygens (including phenoxy) is 4. The molecular formula is C41H74O9. The summed E-state index contributed by atoms with van der Waals surface area (Å²) in [5, 5.41) is 39.8. The number of rotatable bonds is 33. The van der Waals surface area contributed by atoms with Crippen LogP contribution in [0.4, 0.5) is 0 Å². The third-order valence-corrected chi connectivity index (χ3v) is 9.06. The second kappa shape index (κ2) is 33.3. The molecule has 0 amide bonds. The van der Waals surface area contributed by atoms with Gasteiger partial charge in [0.25, 0.3) is 0 Å². The molecule has 6 atom stereocenters. The molecule has 9 nitrogen and oxygen atoms in total. The number of carbonyl (C=O) groups excluding carboxylic acids is 1. The normalized spacial score (nSPS) is 21.9. The molecule has 1 rings (SSSR count). The van der Waals surface area contributed by atoms with E-state index in [9.17, 15) is 25.2 Å². The summed E-state index contributed by atoms with van der Waals surface area (Å²) in [6.07, 6.45) is 30.5. The summed E-state index contributed by atoms with van der Waals surface area (Å²) < 4.78 is 22.6. The van der Waals surface area contributed by atoms with Crippen LogP contribution < -0.4 is 0 Å². The number of hydrogen-bond donors (Lipinski definition) is 4. The predicted molar refractivity (Wildman–Crippen MR) is 201 cm³/mol. The molecule has 0 radical (unpaired) electrons. The highest BCUT2D eigenvalue weighted by Crippen LogP contribution is 2.22. The Kier molecular flexibility index (Phi) is 30.9. The minimum atomic E-state index is -1.54. The van der Waals surface area contributed by atoms with Crippen molar-refractivity contribution in [2.75, 3.05) is 26.4 Å². The van der Waals surface area contributed by atoms with Crippen LogP contribution in [0.2, 0.25) is 0 Å². The Morgan fingerprint density at radius 1 is 0.640 bits per heavy atom. The van der Waals surface area contributed by atoms with Gasteiger partial charge in [-0.3, -0.25) is 4.79 Å². The van der Waals surface area contributed by atoms with Crippen molar-refractivity contribution in [3.8, 4) is 0 Å². The van der Waals surface area contributed by atoms with Crippen LogP contribution >= 0.6 is 0 Å². The van der Waals surface area contributed by atoms with Gasteiger partial charge < -0.3 is 39.4 Å². The first-order chi connectivity index (χ1) is 24.4. The zero-order valence-electron chi connectivity index (χ0n) is 31.6. The van der Waals surface area contributed by atoms with E-state index in [1.165, 1.54) is 77.0 Å². The highest BCUT2D eigenvalue weighted by atomic mass is 16.7. The lowest BCUT2D eigenvalue weighted by atomic mass is 9.99. The molecule has 1 saturated heterocycles. The third kappa shape index (κ3) is 24.6. The topological polar surface area (TPSA) is 135 Å². The van der Waals surface area contributed by atoms with Gasteiger partial charge in [0.1, 0.15) is 30.5 Å². The van der Waals surface area contributed by atoms with E-state index in [1.807, 2.05) is 0 Å². The molecule has 0 aromatic rings. The van der Waals surface area contributed by atoms with Gasteiger partial charge in [-0.05, 0) is 51.4 Å². The lowest BCUT2D eigenvalue weighted by Crippen LogP contribution is -2.59. The molecule has 0 saturated carbocycles. The van der Waals surface area contributed by atoms with E-state index in [1.54, 1.807) is 0 Å². The molecule has 50 heavy (non-hydrogen) atoms. The summed E-state index contributed by atoms with van der Waals surface area (Å²) in [4.78, 5) is 12.7. The van der Waals surface area contributed by atoms with Gasteiger partial charge in [0.15, 0.2) is 6.29 Å². The van der Waals surface area contributed by atoms with Crippen LogP contribution in [0.5, 0.6) is 0 Å². The van der Waals surface area contributed by atoms with E-state index in [0.717, 1.165) is 57.8 Å². The second-order valence-corrected chi connectivity index (χ2v) is 13.7. The zero-order valence-corrected chi connectivity index (χ0v) is 31.6. The number of hydrogen-bond acceptors (Lipinski definition) is 9. The maximum atomic E-state index is 12.7. The average Bonchev–Trinajstić information content (AvgIpc) is 3.11. The van der Waals surface area contributed by atoms with Gasteiger partial charge >= 0.3 is 5.97 Å². The summed E-state index contributed by atoms with van der Waals surface area (Å²) in [6.45, 7) is 4.46. The van der Waals surface area contributed by atoms with Crippen molar-refractivity contribution >= 4 is 5.97 Å². The zero-order chi connectivity index (χ0) is 36.5. The molecule has 0 aromatic carbocycles. The molecule has 0 bridgehead atoms. The number of carbonyl (C=O) groups is 1. The fourth-order valence-corrected chi connectivity index (χ4v) is 5.85. The minimum Gasteiger partial charge on any atom is -0.457 e. The fraction of sp³-hybridized carbons (Fsp3) is 0.829. The summed E-state index contributed by atoms with van der Waals surface area (Å²) in [5.74, 6) is -0.330. The van der Waals surface area contributed by atoms with Crippen LogP contribution in [0, 0.1) is 0 Å². The number of esters is 1. The monoisotopic (exact) mass is 711 g/mol. The Labute approximate surface area is 304 Å². The Morgan fingerprint density at radius 3 is 1.74 bits per heavy atom. The van der Waals surface area contributed by atoms with Gasteiger partial charge in [0, 0.05) is 13.0 Å². The van der Waals surface area contributed by atoms with E-state index < -0.39 is 43.4 Å². The van der Waals surface area contributed by atoms with E-state index in [4.69, 9.17) is 18.9 Å². The Hall–Kier alpha value is -1.59. The van der Waals surface area contributed by atoms with Crippen LogP contribution in [0.25, 0.3) is 0 Å².